The lowest BCUT2D eigenvalue weighted by atomic mass is 10.0. The van der Waals surface area contributed by atoms with Crippen LogP contribution >= 0.6 is 11.8 Å². The van der Waals surface area contributed by atoms with E-state index in [1.165, 1.54) is 24.8 Å². The molecule has 1 rings (SSSR count). The summed E-state index contributed by atoms with van der Waals surface area (Å²) in [5.41, 5.74) is 0.495. The molecule has 1 atom stereocenters. The number of thioether (sulfide) groups is 1. The van der Waals surface area contributed by atoms with E-state index in [1.54, 1.807) is 18.2 Å². The Bertz CT molecular complexity index is 516. The molecule has 0 radical (unpaired) electrons. The zero-order chi connectivity index (χ0) is 15.1. The Kier molecular flexibility index (Phi) is 6.24. The quantitative estimate of drug-likeness (QED) is 0.750. The van der Waals surface area contributed by atoms with Gasteiger partial charge in [-0.05, 0) is 31.4 Å². The van der Waals surface area contributed by atoms with Crippen LogP contribution in [0.15, 0.2) is 24.3 Å². The van der Waals surface area contributed by atoms with Gasteiger partial charge in [0.25, 0.3) is 5.91 Å². The summed E-state index contributed by atoms with van der Waals surface area (Å²) < 4.78 is 0. The summed E-state index contributed by atoms with van der Waals surface area (Å²) in [5, 5.41) is 11.5. The molecule has 20 heavy (non-hydrogen) atoms. The van der Waals surface area contributed by atoms with Crippen molar-refractivity contribution in [2.75, 3.05) is 12.0 Å². The van der Waals surface area contributed by atoms with E-state index in [-0.39, 0.29) is 11.3 Å². The van der Waals surface area contributed by atoms with Crippen molar-refractivity contribution in [3.05, 3.63) is 35.4 Å². The Balaban J connectivity index is 2.89. The third-order valence-electron chi connectivity index (χ3n) is 2.77. The number of benzene rings is 1. The van der Waals surface area contributed by atoms with Gasteiger partial charge in [-0.15, -0.1) is 0 Å². The van der Waals surface area contributed by atoms with Gasteiger partial charge in [0, 0.05) is 5.56 Å². The van der Waals surface area contributed by atoms with Gasteiger partial charge in [0.1, 0.15) is 6.04 Å². The monoisotopic (exact) mass is 295 g/mol. The SMILES string of the molecule is CSCC[C@H](NC(=O)c1ccccc1C(C)=O)C(=O)O. The van der Waals surface area contributed by atoms with Gasteiger partial charge in [-0.2, -0.15) is 11.8 Å². The van der Waals surface area contributed by atoms with Crippen LogP contribution in [0, 0.1) is 0 Å². The Morgan fingerprint density at radius 1 is 1.25 bits per heavy atom. The molecule has 6 heteroatoms. The van der Waals surface area contributed by atoms with Crippen molar-refractivity contribution < 1.29 is 19.5 Å². The predicted octanol–water partition coefficient (Wildman–Crippen LogP) is 1.83. The first-order valence-electron chi connectivity index (χ1n) is 6.10. The van der Waals surface area contributed by atoms with Crippen LogP contribution in [0.5, 0.6) is 0 Å². The summed E-state index contributed by atoms with van der Waals surface area (Å²) in [6, 6.07) is 5.42. The lowest BCUT2D eigenvalue weighted by Gasteiger charge is -2.15. The zero-order valence-electron chi connectivity index (χ0n) is 11.4. The molecule has 0 aliphatic carbocycles. The van der Waals surface area contributed by atoms with Crippen LogP contribution in [0.2, 0.25) is 0 Å². The summed E-state index contributed by atoms with van der Waals surface area (Å²) >= 11 is 1.51. The van der Waals surface area contributed by atoms with E-state index in [4.69, 9.17) is 5.11 Å². The number of amides is 1. The van der Waals surface area contributed by atoms with Gasteiger partial charge in [0.05, 0.1) is 5.56 Å². The molecule has 2 N–H and O–H groups in total. The molecule has 1 amide bonds. The second kappa shape index (κ2) is 7.69. The average Bonchev–Trinajstić information content (AvgIpc) is 2.42. The van der Waals surface area contributed by atoms with Gasteiger partial charge in [-0.25, -0.2) is 4.79 Å². The van der Waals surface area contributed by atoms with Crippen LogP contribution in [0.25, 0.3) is 0 Å². The highest BCUT2D eigenvalue weighted by Gasteiger charge is 2.22. The van der Waals surface area contributed by atoms with E-state index in [2.05, 4.69) is 5.32 Å². The van der Waals surface area contributed by atoms with Gasteiger partial charge < -0.3 is 10.4 Å². The van der Waals surface area contributed by atoms with E-state index in [1.807, 2.05) is 6.26 Å². The summed E-state index contributed by atoms with van der Waals surface area (Å²) in [4.78, 5) is 34.7. The number of carbonyl (C=O) groups is 3. The Morgan fingerprint density at radius 2 is 1.85 bits per heavy atom. The molecule has 1 aromatic carbocycles. The van der Waals surface area contributed by atoms with E-state index < -0.39 is 17.9 Å². The topological polar surface area (TPSA) is 83.5 Å². The van der Waals surface area contributed by atoms with Crippen molar-refractivity contribution >= 4 is 29.4 Å². The van der Waals surface area contributed by atoms with Gasteiger partial charge in [0.15, 0.2) is 5.78 Å². The van der Waals surface area contributed by atoms with E-state index in [0.717, 1.165) is 0 Å². The van der Waals surface area contributed by atoms with Crippen molar-refractivity contribution in [3.63, 3.8) is 0 Å². The summed E-state index contributed by atoms with van der Waals surface area (Å²) in [6.07, 6.45) is 2.20. The number of nitrogens with one attached hydrogen (secondary N) is 1. The number of hydrogen-bond donors (Lipinski definition) is 2. The van der Waals surface area contributed by atoms with Crippen molar-refractivity contribution in [1.29, 1.82) is 0 Å². The van der Waals surface area contributed by atoms with Gasteiger partial charge in [-0.3, -0.25) is 9.59 Å². The maximum absolute atomic E-state index is 12.1. The Labute approximate surface area is 121 Å². The number of rotatable bonds is 7. The van der Waals surface area contributed by atoms with E-state index >= 15 is 0 Å². The van der Waals surface area contributed by atoms with Crippen LogP contribution in [0.4, 0.5) is 0 Å². The number of carbonyl (C=O) groups excluding carboxylic acids is 2. The molecule has 0 bridgehead atoms. The second-order valence-electron chi connectivity index (χ2n) is 4.25. The lowest BCUT2D eigenvalue weighted by molar-refractivity contribution is -0.139. The number of carboxylic acids is 1. The molecule has 5 nitrogen and oxygen atoms in total. The van der Waals surface area contributed by atoms with Crippen molar-refractivity contribution in [2.24, 2.45) is 0 Å². The lowest BCUT2D eigenvalue weighted by Crippen LogP contribution is -2.41. The van der Waals surface area contributed by atoms with Gasteiger partial charge in [0.2, 0.25) is 0 Å². The predicted molar refractivity (Wildman–Crippen MR) is 78.3 cm³/mol. The molecule has 0 saturated heterocycles. The Hall–Kier alpha value is -1.82. The van der Waals surface area contributed by atoms with Crippen molar-refractivity contribution in [2.45, 2.75) is 19.4 Å². The highest BCUT2D eigenvalue weighted by Crippen LogP contribution is 2.10. The fourth-order valence-corrected chi connectivity index (χ4v) is 2.19. The van der Waals surface area contributed by atoms with Crippen molar-refractivity contribution in [3.8, 4) is 0 Å². The smallest absolute Gasteiger partial charge is 0.326 e. The average molecular weight is 295 g/mol. The zero-order valence-corrected chi connectivity index (χ0v) is 12.2. The molecular formula is C14H17NO4S. The highest BCUT2D eigenvalue weighted by molar-refractivity contribution is 7.98. The molecule has 0 unspecified atom stereocenters. The summed E-state index contributed by atoms with van der Waals surface area (Å²) in [7, 11) is 0. The maximum Gasteiger partial charge on any atom is 0.326 e. The van der Waals surface area contributed by atoms with Crippen LogP contribution in [0.1, 0.15) is 34.1 Å². The first kappa shape index (κ1) is 16.2. The second-order valence-corrected chi connectivity index (χ2v) is 5.23. The fraction of sp³-hybridized carbons (Fsp3) is 0.357. The van der Waals surface area contributed by atoms with E-state index in [9.17, 15) is 14.4 Å². The molecule has 0 saturated carbocycles. The first-order valence-corrected chi connectivity index (χ1v) is 7.49. The van der Waals surface area contributed by atoms with E-state index in [0.29, 0.717) is 17.7 Å². The normalized spacial score (nSPS) is 11.7. The largest absolute Gasteiger partial charge is 0.480 e. The van der Waals surface area contributed by atoms with Crippen molar-refractivity contribution in [1.82, 2.24) is 5.32 Å². The molecule has 108 valence electrons. The molecule has 0 spiro atoms. The molecule has 1 aromatic rings. The molecular weight excluding hydrogens is 278 g/mol. The van der Waals surface area contributed by atoms with Gasteiger partial charge >= 0.3 is 5.97 Å². The summed E-state index contributed by atoms with van der Waals surface area (Å²) in [6.45, 7) is 1.37. The Morgan fingerprint density at radius 3 is 2.35 bits per heavy atom. The molecule has 0 aliphatic heterocycles. The van der Waals surface area contributed by atoms with Crippen LogP contribution < -0.4 is 5.32 Å². The molecule has 0 fully saturated rings. The molecule has 0 heterocycles. The first-order chi connectivity index (χ1) is 9.47. The van der Waals surface area contributed by atoms with Gasteiger partial charge in [-0.1, -0.05) is 18.2 Å². The number of carboxylic acid groups (broad SMARTS) is 1. The minimum absolute atomic E-state index is 0.204. The van der Waals surface area contributed by atoms with Crippen LogP contribution in [0.3, 0.4) is 0 Å². The third-order valence-corrected chi connectivity index (χ3v) is 3.41. The minimum Gasteiger partial charge on any atom is -0.480 e. The standard InChI is InChI=1S/C14H17NO4S/c1-9(16)10-5-3-4-6-11(10)13(17)15-12(14(18)19)7-8-20-2/h3-6,12H,7-8H2,1-2H3,(H,15,17)(H,18,19)/t12-/m0/s1. The molecule has 0 aliphatic rings. The summed E-state index contributed by atoms with van der Waals surface area (Å²) in [5.74, 6) is -1.21. The number of ketones is 1. The number of hydrogen-bond acceptors (Lipinski definition) is 4. The number of aliphatic carboxylic acids is 1. The third kappa shape index (κ3) is 4.38. The minimum atomic E-state index is -1.08. The highest BCUT2D eigenvalue weighted by atomic mass is 32.2. The molecule has 0 aromatic heterocycles. The van der Waals surface area contributed by atoms with Crippen LogP contribution in [-0.2, 0) is 4.79 Å². The van der Waals surface area contributed by atoms with Crippen LogP contribution in [-0.4, -0.2) is 40.8 Å². The maximum atomic E-state index is 12.1. The fourth-order valence-electron chi connectivity index (χ4n) is 1.72. The number of Topliss-reactive ketones (excluding diaryl/α,β-unsaturated/α-hetero) is 1.